The Morgan fingerprint density at radius 3 is 2.54 bits per heavy atom. The minimum Gasteiger partial charge on any atom is -0.377 e. The minimum absolute atomic E-state index is 0. The molecule has 0 fully saturated rings. The lowest BCUT2D eigenvalue weighted by Gasteiger charge is -2.18. The van der Waals surface area contributed by atoms with Gasteiger partial charge in [0.05, 0.1) is 13.1 Å². The first-order valence-electron chi connectivity index (χ1n) is 8.51. The number of hydrogen-bond donors (Lipinski definition) is 2. The number of nitrogens with zero attached hydrogens (tertiary/aromatic N) is 3. The lowest BCUT2D eigenvalue weighted by Crippen LogP contribution is -2.36. The van der Waals surface area contributed by atoms with Gasteiger partial charge in [0.2, 0.25) is 0 Å². The van der Waals surface area contributed by atoms with E-state index in [1.54, 1.807) is 0 Å². The second-order valence-corrected chi connectivity index (χ2v) is 7.14. The molecule has 2 N–H and O–H groups in total. The van der Waals surface area contributed by atoms with Crippen LogP contribution in [0.4, 0.5) is 18.9 Å². The monoisotopic (exact) mass is 527 g/mol. The van der Waals surface area contributed by atoms with E-state index in [0.29, 0.717) is 24.1 Å². The van der Waals surface area contributed by atoms with E-state index in [4.69, 9.17) is 0 Å². The SMILES string of the molecule is CCNC(=NCc1ccc(C)cc1N(C)C)NCc1nc(C(F)(F)F)cs1.I. The Morgan fingerprint density at radius 2 is 1.96 bits per heavy atom. The average molecular weight is 527 g/mol. The molecule has 156 valence electrons. The molecule has 0 aliphatic heterocycles. The van der Waals surface area contributed by atoms with Crippen LogP contribution >= 0.6 is 35.3 Å². The Morgan fingerprint density at radius 1 is 1.25 bits per heavy atom. The van der Waals surface area contributed by atoms with Gasteiger partial charge in [0.25, 0.3) is 0 Å². The molecule has 5 nitrogen and oxygen atoms in total. The van der Waals surface area contributed by atoms with Crippen LogP contribution in [0.15, 0.2) is 28.6 Å². The normalized spacial score (nSPS) is 11.8. The van der Waals surface area contributed by atoms with Crippen LogP contribution in [0.1, 0.15) is 28.8 Å². The highest BCUT2D eigenvalue weighted by Crippen LogP contribution is 2.29. The lowest BCUT2D eigenvalue weighted by molar-refractivity contribution is -0.140. The predicted octanol–water partition coefficient (Wildman–Crippen LogP) is 4.41. The molecule has 0 saturated carbocycles. The van der Waals surface area contributed by atoms with Crippen molar-refractivity contribution in [3.8, 4) is 0 Å². The van der Waals surface area contributed by atoms with Gasteiger partial charge in [0.1, 0.15) is 5.01 Å². The Hall–Kier alpha value is -1.56. The fourth-order valence-corrected chi connectivity index (χ4v) is 3.15. The molecule has 0 aliphatic carbocycles. The second kappa shape index (κ2) is 10.8. The number of aromatic nitrogens is 1. The van der Waals surface area contributed by atoms with Crippen molar-refractivity contribution in [3.63, 3.8) is 0 Å². The summed E-state index contributed by atoms with van der Waals surface area (Å²) in [5, 5.41) is 7.52. The van der Waals surface area contributed by atoms with Gasteiger partial charge >= 0.3 is 6.18 Å². The van der Waals surface area contributed by atoms with Crippen LogP contribution in [0.3, 0.4) is 0 Å². The third kappa shape index (κ3) is 7.12. The third-order valence-corrected chi connectivity index (χ3v) is 4.57. The smallest absolute Gasteiger partial charge is 0.377 e. The average Bonchev–Trinajstić information content (AvgIpc) is 3.07. The van der Waals surface area contributed by atoms with E-state index >= 15 is 0 Å². The molecule has 10 heteroatoms. The molecule has 0 saturated heterocycles. The van der Waals surface area contributed by atoms with Crippen LogP contribution in [-0.2, 0) is 19.3 Å². The molecular weight excluding hydrogens is 502 g/mol. The van der Waals surface area contributed by atoms with Crippen molar-refractivity contribution in [2.75, 3.05) is 25.5 Å². The number of nitrogens with one attached hydrogen (secondary N) is 2. The zero-order valence-corrected chi connectivity index (χ0v) is 19.4. The number of halogens is 4. The van der Waals surface area contributed by atoms with Gasteiger partial charge in [-0.25, -0.2) is 9.98 Å². The first kappa shape index (κ1) is 24.5. The van der Waals surface area contributed by atoms with Gasteiger partial charge in [-0.05, 0) is 31.0 Å². The van der Waals surface area contributed by atoms with Crippen LogP contribution in [0.25, 0.3) is 0 Å². The Labute approximate surface area is 184 Å². The highest BCUT2D eigenvalue weighted by Gasteiger charge is 2.33. The van der Waals surface area contributed by atoms with Crippen LogP contribution in [0.2, 0.25) is 0 Å². The van der Waals surface area contributed by atoms with Crippen LogP contribution < -0.4 is 15.5 Å². The van der Waals surface area contributed by atoms with Crippen LogP contribution in [-0.4, -0.2) is 31.6 Å². The molecule has 0 aliphatic rings. The van der Waals surface area contributed by atoms with Gasteiger partial charge in [0, 0.05) is 31.7 Å². The largest absolute Gasteiger partial charge is 0.434 e. The number of guanidine groups is 1. The standard InChI is InChI=1S/C18H24F3N5S.HI/c1-5-22-17(24-10-16-25-15(11-27-16)18(19,20)21)23-9-13-7-6-12(2)8-14(13)26(3)4;/h6-8,11H,5,9-10H2,1-4H3,(H2,22,23,24);1H. The molecule has 0 amide bonds. The molecule has 0 unspecified atom stereocenters. The first-order chi connectivity index (χ1) is 12.7. The Kier molecular flexibility index (Phi) is 9.48. The van der Waals surface area contributed by atoms with Crippen molar-refractivity contribution in [2.45, 2.75) is 33.1 Å². The van der Waals surface area contributed by atoms with Crippen molar-refractivity contribution in [2.24, 2.45) is 4.99 Å². The summed E-state index contributed by atoms with van der Waals surface area (Å²) in [7, 11) is 3.96. The summed E-state index contributed by atoms with van der Waals surface area (Å²) in [6.45, 7) is 5.25. The van der Waals surface area contributed by atoms with Gasteiger partial charge in [-0.3, -0.25) is 0 Å². The summed E-state index contributed by atoms with van der Waals surface area (Å²) < 4.78 is 37.9. The van der Waals surface area contributed by atoms with E-state index in [2.05, 4.69) is 26.7 Å². The molecule has 0 spiro atoms. The lowest BCUT2D eigenvalue weighted by atomic mass is 10.1. The Balaban J connectivity index is 0.00000392. The number of rotatable bonds is 6. The highest BCUT2D eigenvalue weighted by molar-refractivity contribution is 14.0. The van der Waals surface area contributed by atoms with Crippen molar-refractivity contribution in [1.82, 2.24) is 15.6 Å². The number of aryl methyl sites for hydroxylation is 1. The minimum atomic E-state index is -4.42. The summed E-state index contributed by atoms with van der Waals surface area (Å²) in [5.74, 6) is 0.534. The van der Waals surface area contributed by atoms with Crippen molar-refractivity contribution in [3.05, 3.63) is 45.4 Å². The van der Waals surface area contributed by atoms with Gasteiger partial charge in [-0.2, -0.15) is 13.2 Å². The topological polar surface area (TPSA) is 52.6 Å². The molecule has 0 bridgehead atoms. The molecule has 28 heavy (non-hydrogen) atoms. The van der Waals surface area contributed by atoms with Gasteiger partial charge < -0.3 is 15.5 Å². The molecule has 1 aromatic carbocycles. The highest BCUT2D eigenvalue weighted by atomic mass is 127. The number of alkyl halides is 3. The second-order valence-electron chi connectivity index (χ2n) is 6.20. The van der Waals surface area contributed by atoms with Crippen LogP contribution in [0, 0.1) is 6.92 Å². The predicted molar refractivity (Wildman–Crippen MR) is 120 cm³/mol. The number of thiazole rings is 1. The zero-order chi connectivity index (χ0) is 20.0. The fourth-order valence-electron chi connectivity index (χ4n) is 2.41. The van der Waals surface area contributed by atoms with Gasteiger partial charge in [-0.15, -0.1) is 35.3 Å². The van der Waals surface area contributed by atoms with Gasteiger partial charge in [0.15, 0.2) is 11.7 Å². The first-order valence-corrected chi connectivity index (χ1v) is 9.39. The van der Waals surface area contributed by atoms with Crippen molar-refractivity contribution in [1.29, 1.82) is 0 Å². The summed E-state index contributed by atoms with van der Waals surface area (Å²) in [6, 6.07) is 6.17. The summed E-state index contributed by atoms with van der Waals surface area (Å²) in [4.78, 5) is 10.2. The molecule has 1 heterocycles. The van der Waals surface area contributed by atoms with E-state index in [0.717, 1.165) is 28.0 Å². The molecular formula is C18H25F3IN5S. The van der Waals surface area contributed by atoms with E-state index in [9.17, 15) is 13.2 Å². The molecule has 0 radical (unpaired) electrons. The van der Waals surface area contributed by atoms with Crippen molar-refractivity contribution < 1.29 is 13.2 Å². The number of benzene rings is 1. The summed E-state index contributed by atoms with van der Waals surface area (Å²) >= 11 is 0.976. The molecule has 2 aromatic rings. The quantitative estimate of drug-likeness (QED) is 0.332. The summed E-state index contributed by atoms with van der Waals surface area (Å²) in [6.07, 6.45) is -4.42. The number of hydrogen-bond acceptors (Lipinski definition) is 4. The van der Waals surface area contributed by atoms with Gasteiger partial charge in [-0.1, -0.05) is 12.1 Å². The molecule has 0 atom stereocenters. The zero-order valence-electron chi connectivity index (χ0n) is 16.2. The molecule has 1 aromatic heterocycles. The van der Waals surface area contributed by atoms with E-state index in [1.165, 1.54) is 5.56 Å². The fraction of sp³-hybridized carbons (Fsp3) is 0.444. The van der Waals surface area contributed by atoms with E-state index in [1.807, 2.05) is 45.0 Å². The number of aliphatic imine (C=N–C) groups is 1. The molecule has 2 rings (SSSR count). The summed E-state index contributed by atoms with van der Waals surface area (Å²) in [5.41, 5.74) is 2.46. The Bertz CT molecular complexity index is 790. The van der Waals surface area contributed by atoms with Crippen LogP contribution in [0.5, 0.6) is 0 Å². The maximum absolute atomic E-state index is 12.6. The van der Waals surface area contributed by atoms with E-state index < -0.39 is 11.9 Å². The van der Waals surface area contributed by atoms with Crippen molar-refractivity contribution >= 4 is 47.0 Å². The maximum Gasteiger partial charge on any atom is 0.434 e. The third-order valence-electron chi connectivity index (χ3n) is 3.72. The number of anilines is 1. The maximum atomic E-state index is 12.6. The van der Waals surface area contributed by atoms with E-state index in [-0.39, 0.29) is 30.5 Å².